The van der Waals surface area contributed by atoms with Crippen molar-refractivity contribution in [2.45, 2.75) is 6.67 Å². The summed E-state index contributed by atoms with van der Waals surface area (Å²) in [5.74, 6) is 0. The SMILES string of the molecule is O=[N+]([O-])c1ccc(Br)cc1CF. The molecule has 0 amide bonds. The molecule has 0 saturated carbocycles. The maximum atomic E-state index is 12.2. The maximum Gasteiger partial charge on any atom is 0.275 e. The first kappa shape index (κ1) is 9.12. The monoisotopic (exact) mass is 233 g/mol. The van der Waals surface area contributed by atoms with E-state index < -0.39 is 11.6 Å². The van der Waals surface area contributed by atoms with Gasteiger partial charge in [0.05, 0.1) is 10.5 Å². The summed E-state index contributed by atoms with van der Waals surface area (Å²) in [5, 5.41) is 10.3. The predicted molar refractivity (Wildman–Crippen MR) is 45.6 cm³/mol. The Kier molecular flexibility index (Phi) is 2.75. The number of nitro benzene ring substituents is 1. The lowest BCUT2D eigenvalue weighted by molar-refractivity contribution is -0.385. The van der Waals surface area contributed by atoms with E-state index in [4.69, 9.17) is 0 Å². The molecule has 0 saturated heterocycles. The van der Waals surface area contributed by atoms with Gasteiger partial charge in [-0.3, -0.25) is 10.1 Å². The van der Waals surface area contributed by atoms with Crippen molar-refractivity contribution in [3.8, 4) is 0 Å². The van der Waals surface area contributed by atoms with Crippen LogP contribution in [0.4, 0.5) is 10.1 Å². The van der Waals surface area contributed by atoms with Gasteiger partial charge in [-0.05, 0) is 12.1 Å². The number of hydrogen-bond donors (Lipinski definition) is 0. The highest BCUT2D eigenvalue weighted by atomic mass is 79.9. The van der Waals surface area contributed by atoms with E-state index >= 15 is 0 Å². The molecule has 1 aromatic rings. The van der Waals surface area contributed by atoms with Gasteiger partial charge in [0.1, 0.15) is 6.67 Å². The standard InChI is InChI=1S/C7H5BrFNO2/c8-6-1-2-7(10(11)12)5(3-6)4-9/h1-3H,4H2. The fraction of sp³-hybridized carbons (Fsp3) is 0.143. The molecule has 0 bridgehead atoms. The minimum Gasteiger partial charge on any atom is -0.258 e. The molecule has 0 aliphatic rings. The molecule has 0 aliphatic carbocycles. The highest BCUT2D eigenvalue weighted by Gasteiger charge is 2.12. The van der Waals surface area contributed by atoms with Gasteiger partial charge in [-0.1, -0.05) is 15.9 Å². The quantitative estimate of drug-likeness (QED) is 0.583. The minimum atomic E-state index is -0.824. The fourth-order valence-electron chi connectivity index (χ4n) is 0.839. The lowest BCUT2D eigenvalue weighted by Crippen LogP contribution is -1.93. The zero-order chi connectivity index (χ0) is 9.14. The Balaban J connectivity index is 3.20. The second-order valence-electron chi connectivity index (χ2n) is 2.16. The molecule has 0 fully saturated rings. The van der Waals surface area contributed by atoms with Crippen LogP contribution in [-0.2, 0) is 6.67 Å². The van der Waals surface area contributed by atoms with Crippen molar-refractivity contribution in [1.82, 2.24) is 0 Å². The molecular weight excluding hydrogens is 229 g/mol. The number of nitrogens with zero attached hydrogens (tertiary/aromatic N) is 1. The van der Waals surface area contributed by atoms with Crippen molar-refractivity contribution in [1.29, 1.82) is 0 Å². The van der Waals surface area contributed by atoms with Crippen molar-refractivity contribution in [3.63, 3.8) is 0 Å². The van der Waals surface area contributed by atoms with Crippen LogP contribution in [0, 0.1) is 10.1 Å². The minimum absolute atomic E-state index is 0.0920. The highest BCUT2D eigenvalue weighted by Crippen LogP contribution is 2.23. The normalized spacial score (nSPS) is 9.83. The Morgan fingerprint density at radius 1 is 1.58 bits per heavy atom. The van der Waals surface area contributed by atoms with Crippen LogP contribution in [0.5, 0.6) is 0 Å². The van der Waals surface area contributed by atoms with Crippen LogP contribution >= 0.6 is 15.9 Å². The van der Waals surface area contributed by atoms with E-state index in [2.05, 4.69) is 15.9 Å². The first-order valence-corrected chi connectivity index (χ1v) is 3.93. The van der Waals surface area contributed by atoms with Gasteiger partial charge in [-0.2, -0.15) is 0 Å². The van der Waals surface area contributed by atoms with Crippen molar-refractivity contribution >= 4 is 21.6 Å². The summed E-state index contributed by atoms with van der Waals surface area (Å²) in [4.78, 5) is 9.72. The molecular formula is C7H5BrFNO2. The lowest BCUT2D eigenvalue weighted by Gasteiger charge is -1.97. The van der Waals surface area contributed by atoms with Gasteiger partial charge in [0.15, 0.2) is 0 Å². The summed E-state index contributed by atoms with van der Waals surface area (Å²) in [5.41, 5.74) is -0.0879. The number of benzene rings is 1. The molecule has 0 heterocycles. The van der Waals surface area contributed by atoms with Crippen molar-refractivity contribution < 1.29 is 9.31 Å². The molecule has 12 heavy (non-hydrogen) atoms. The summed E-state index contributed by atoms with van der Waals surface area (Å²) in [6.45, 7) is -0.824. The van der Waals surface area contributed by atoms with Gasteiger partial charge in [0.25, 0.3) is 5.69 Å². The summed E-state index contributed by atoms with van der Waals surface area (Å²) in [6.07, 6.45) is 0. The van der Waals surface area contributed by atoms with Gasteiger partial charge in [-0.15, -0.1) is 0 Å². The van der Waals surface area contributed by atoms with E-state index in [1.807, 2.05) is 0 Å². The molecule has 5 heteroatoms. The van der Waals surface area contributed by atoms with Gasteiger partial charge < -0.3 is 0 Å². The summed E-state index contributed by atoms with van der Waals surface area (Å²) in [6, 6.07) is 4.19. The van der Waals surface area contributed by atoms with E-state index in [-0.39, 0.29) is 11.3 Å². The van der Waals surface area contributed by atoms with Crippen molar-refractivity contribution in [2.24, 2.45) is 0 Å². The number of rotatable bonds is 2. The Morgan fingerprint density at radius 3 is 2.75 bits per heavy atom. The summed E-state index contributed by atoms with van der Waals surface area (Å²) >= 11 is 3.10. The van der Waals surface area contributed by atoms with E-state index in [0.29, 0.717) is 4.47 Å². The first-order chi connectivity index (χ1) is 5.65. The average molecular weight is 234 g/mol. The number of nitro groups is 1. The summed E-state index contributed by atoms with van der Waals surface area (Å²) < 4.78 is 12.8. The van der Waals surface area contributed by atoms with Crippen LogP contribution in [-0.4, -0.2) is 4.92 Å². The van der Waals surface area contributed by atoms with Crippen LogP contribution in [0.25, 0.3) is 0 Å². The molecule has 0 radical (unpaired) electrons. The molecule has 0 aliphatic heterocycles. The Hall–Kier alpha value is -0.970. The molecule has 0 unspecified atom stereocenters. The Morgan fingerprint density at radius 2 is 2.25 bits per heavy atom. The maximum absolute atomic E-state index is 12.2. The fourth-order valence-corrected chi connectivity index (χ4v) is 1.25. The third kappa shape index (κ3) is 1.79. The predicted octanol–water partition coefficient (Wildman–Crippen LogP) is 2.83. The third-order valence-electron chi connectivity index (χ3n) is 1.38. The molecule has 0 atom stereocenters. The van der Waals surface area contributed by atoms with Gasteiger partial charge in [0, 0.05) is 10.5 Å². The molecule has 0 aromatic heterocycles. The number of alkyl halides is 1. The molecule has 64 valence electrons. The van der Waals surface area contributed by atoms with Crippen molar-refractivity contribution in [2.75, 3.05) is 0 Å². The molecule has 0 N–H and O–H groups in total. The van der Waals surface area contributed by atoms with Crippen LogP contribution in [0.1, 0.15) is 5.56 Å². The van der Waals surface area contributed by atoms with Crippen LogP contribution in [0.3, 0.4) is 0 Å². The topological polar surface area (TPSA) is 43.1 Å². The number of hydrogen-bond acceptors (Lipinski definition) is 2. The van der Waals surface area contributed by atoms with Crippen LogP contribution < -0.4 is 0 Å². The lowest BCUT2D eigenvalue weighted by atomic mass is 10.2. The molecule has 1 rings (SSSR count). The van der Waals surface area contributed by atoms with Crippen LogP contribution in [0.2, 0.25) is 0 Å². The van der Waals surface area contributed by atoms with E-state index in [1.165, 1.54) is 18.2 Å². The zero-order valence-corrected chi connectivity index (χ0v) is 7.54. The summed E-state index contributed by atoms with van der Waals surface area (Å²) in [7, 11) is 0. The van der Waals surface area contributed by atoms with E-state index in [9.17, 15) is 14.5 Å². The first-order valence-electron chi connectivity index (χ1n) is 3.14. The molecule has 1 aromatic carbocycles. The van der Waals surface area contributed by atoms with Gasteiger partial charge in [-0.25, -0.2) is 4.39 Å². The van der Waals surface area contributed by atoms with Crippen molar-refractivity contribution in [3.05, 3.63) is 38.3 Å². The zero-order valence-electron chi connectivity index (χ0n) is 5.96. The second-order valence-corrected chi connectivity index (χ2v) is 3.08. The van der Waals surface area contributed by atoms with Crippen LogP contribution in [0.15, 0.2) is 22.7 Å². The Labute approximate surface area is 76.5 Å². The average Bonchev–Trinajstić information content (AvgIpc) is 2.03. The smallest absolute Gasteiger partial charge is 0.258 e. The second kappa shape index (κ2) is 3.62. The van der Waals surface area contributed by atoms with E-state index in [0.717, 1.165) is 0 Å². The third-order valence-corrected chi connectivity index (χ3v) is 1.88. The highest BCUT2D eigenvalue weighted by molar-refractivity contribution is 9.10. The van der Waals surface area contributed by atoms with E-state index in [1.54, 1.807) is 0 Å². The largest absolute Gasteiger partial charge is 0.275 e. The molecule has 0 spiro atoms. The van der Waals surface area contributed by atoms with Gasteiger partial charge in [0.2, 0.25) is 0 Å². The molecule has 3 nitrogen and oxygen atoms in total. The Bertz CT molecular complexity index is 316. The number of halogens is 2. The van der Waals surface area contributed by atoms with Gasteiger partial charge >= 0.3 is 0 Å².